The molecule has 3 rings (SSSR count). The molecule has 0 bridgehead atoms. The maximum Gasteiger partial charge on any atom is 0.152 e. The first-order valence-electron chi connectivity index (χ1n) is 12.8. The Labute approximate surface area is 204 Å². The number of aromatic nitrogens is 2. The van der Waals surface area contributed by atoms with Crippen LogP contribution in [0.3, 0.4) is 0 Å². The zero-order valence-electron chi connectivity index (χ0n) is 21.7. The van der Waals surface area contributed by atoms with Crippen LogP contribution in [0.5, 0.6) is 0 Å². The molecule has 1 saturated carbocycles. The molecule has 0 radical (unpaired) electrons. The van der Waals surface area contributed by atoms with Crippen LogP contribution < -0.4 is 5.32 Å². The van der Waals surface area contributed by atoms with Gasteiger partial charge < -0.3 is 10.7 Å². The summed E-state index contributed by atoms with van der Waals surface area (Å²) < 4.78 is 15.0. The SMILES string of the molecule is CC/C=C(/C=C(\C=N)C(C)(C)C)C1CCC(c2cc(Nc3ccc(CC)c(CC)c3F)n[nH]2)C1. The highest BCUT2D eigenvalue weighted by atomic mass is 19.1. The van der Waals surface area contributed by atoms with Crippen LogP contribution in [0.25, 0.3) is 0 Å². The van der Waals surface area contributed by atoms with E-state index in [1.54, 1.807) is 0 Å². The van der Waals surface area contributed by atoms with Crippen LogP contribution in [0.1, 0.15) is 90.0 Å². The minimum Gasteiger partial charge on any atom is -0.336 e. The van der Waals surface area contributed by atoms with E-state index in [9.17, 15) is 0 Å². The lowest BCUT2D eigenvalue weighted by Gasteiger charge is -2.22. The fraction of sp³-hybridized carbons (Fsp3) is 0.517. The van der Waals surface area contributed by atoms with Gasteiger partial charge in [-0.2, -0.15) is 5.10 Å². The first kappa shape index (κ1) is 25.9. The van der Waals surface area contributed by atoms with Crippen LogP contribution in [0.4, 0.5) is 15.9 Å². The van der Waals surface area contributed by atoms with Gasteiger partial charge in [-0.25, -0.2) is 4.39 Å². The van der Waals surface area contributed by atoms with E-state index in [2.05, 4.69) is 62.3 Å². The third-order valence-corrected chi connectivity index (χ3v) is 7.06. The standard InChI is InChI=1S/C29H41FN4/c1-7-10-20(16-23(18-31)29(4,5)6)21-11-12-22(15-21)26-17-27(34-33-26)32-25-14-13-19(8-2)24(9-3)28(25)30/h10,13-14,16-18,21-22,31H,7-9,11-12,15H2,1-6H3,(H2,32,33,34)/b20-10-,23-16+,31-18?. The lowest BCUT2D eigenvalue weighted by molar-refractivity contribution is 0.523. The van der Waals surface area contributed by atoms with E-state index in [4.69, 9.17) is 5.41 Å². The van der Waals surface area contributed by atoms with Gasteiger partial charge in [0.1, 0.15) is 5.82 Å². The van der Waals surface area contributed by atoms with Gasteiger partial charge in [-0.05, 0) is 78.2 Å². The van der Waals surface area contributed by atoms with Gasteiger partial charge in [0.2, 0.25) is 0 Å². The Morgan fingerprint density at radius 2 is 1.97 bits per heavy atom. The zero-order valence-corrected chi connectivity index (χ0v) is 21.7. The Balaban J connectivity index is 1.74. The molecule has 1 heterocycles. The number of H-pyrrole nitrogens is 1. The third kappa shape index (κ3) is 5.86. The molecule has 2 atom stereocenters. The number of allylic oxidation sites excluding steroid dienone is 4. The molecule has 34 heavy (non-hydrogen) atoms. The number of halogens is 1. The van der Waals surface area contributed by atoms with Crippen molar-refractivity contribution in [3.63, 3.8) is 0 Å². The highest BCUT2D eigenvalue weighted by Crippen LogP contribution is 2.43. The van der Waals surface area contributed by atoms with Crippen molar-refractivity contribution in [2.45, 2.75) is 86.0 Å². The number of aryl methyl sites for hydroxylation is 1. The minimum atomic E-state index is -0.172. The number of anilines is 2. The summed E-state index contributed by atoms with van der Waals surface area (Å²) in [6, 6.07) is 5.86. The fourth-order valence-electron chi connectivity index (χ4n) is 5.02. The first-order valence-corrected chi connectivity index (χ1v) is 12.8. The molecule has 1 aliphatic rings. The molecule has 1 fully saturated rings. The molecule has 2 aromatic rings. The van der Waals surface area contributed by atoms with E-state index < -0.39 is 0 Å². The Morgan fingerprint density at radius 1 is 1.21 bits per heavy atom. The summed E-state index contributed by atoms with van der Waals surface area (Å²) in [5.41, 5.74) is 5.80. The van der Waals surface area contributed by atoms with Gasteiger partial charge in [-0.15, -0.1) is 0 Å². The monoisotopic (exact) mass is 464 g/mol. The Bertz CT molecular complexity index is 1050. The third-order valence-electron chi connectivity index (χ3n) is 7.06. The minimum absolute atomic E-state index is 0.0429. The number of hydrogen-bond acceptors (Lipinski definition) is 3. The summed E-state index contributed by atoms with van der Waals surface area (Å²) in [4.78, 5) is 0. The van der Waals surface area contributed by atoms with E-state index >= 15 is 4.39 Å². The highest BCUT2D eigenvalue weighted by molar-refractivity contribution is 5.78. The topological polar surface area (TPSA) is 64.6 Å². The van der Waals surface area contributed by atoms with Crippen molar-refractivity contribution in [1.82, 2.24) is 10.2 Å². The summed E-state index contributed by atoms with van der Waals surface area (Å²) in [6.07, 6.45) is 11.8. The Hall–Kier alpha value is -2.69. The molecule has 1 aliphatic carbocycles. The molecule has 3 N–H and O–H groups in total. The molecular formula is C29H41FN4. The lowest BCUT2D eigenvalue weighted by Crippen LogP contribution is -2.12. The predicted octanol–water partition coefficient (Wildman–Crippen LogP) is 8.26. The van der Waals surface area contributed by atoms with Gasteiger partial charge in [-0.1, -0.05) is 59.8 Å². The van der Waals surface area contributed by atoms with Crippen molar-refractivity contribution in [3.05, 3.63) is 64.1 Å². The second kappa shape index (κ2) is 11.2. The van der Waals surface area contributed by atoms with Crippen molar-refractivity contribution in [2.75, 3.05) is 5.32 Å². The molecule has 1 aromatic carbocycles. The molecular weight excluding hydrogens is 423 g/mol. The van der Waals surface area contributed by atoms with E-state index in [1.807, 2.05) is 25.1 Å². The molecule has 5 heteroatoms. The van der Waals surface area contributed by atoms with Crippen LogP contribution in [-0.4, -0.2) is 16.4 Å². The molecule has 4 nitrogen and oxygen atoms in total. The molecule has 1 aromatic heterocycles. The summed E-state index contributed by atoms with van der Waals surface area (Å²) in [6.45, 7) is 12.7. The van der Waals surface area contributed by atoms with Crippen LogP contribution in [-0.2, 0) is 12.8 Å². The molecule has 2 unspecified atom stereocenters. The van der Waals surface area contributed by atoms with Gasteiger partial charge in [0, 0.05) is 23.9 Å². The largest absolute Gasteiger partial charge is 0.336 e. The number of benzene rings is 1. The smallest absolute Gasteiger partial charge is 0.152 e. The molecule has 0 saturated heterocycles. The summed E-state index contributed by atoms with van der Waals surface area (Å²) in [5.74, 6) is 1.37. The Morgan fingerprint density at radius 3 is 2.59 bits per heavy atom. The maximum atomic E-state index is 15.0. The van der Waals surface area contributed by atoms with Crippen molar-refractivity contribution in [1.29, 1.82) is 5.41 Å². The van der Waals surface area contributed by atoms with Crippen molar-refractivity contribution < 1.29 is 4.39 Å². The maximum absolute atomic E-state index is 15.0. The van der Waals surface area contributed by atoms with E-state index in [0.29, 0.717) is 29.8 Å². The van der Waals surface area contributed by atoms with Gasteiger partial charge in [0.25, 0.3) is 0 Å². The van der Waals surface area contributed by atoms with Crippen molar-refractivity contribution in [3.8, 4) is 0 Å². The van der Waals surface area contributed by atoms with Crippen LogP contribution in [0.15, 0.2) is 41.5 Å². The summed E-state index contributed by atoms with van der Waals surface area (Å²) >= 11 is 0. The number of aromatic amines is 1. The normalized spacial score (nSPS) is 19.5. The van der Waals surface area contributed by atoms with E-state index in [1.165, 1.54) is 11.8 Å². The van der Waals surface area contributed by atoms with Crippen molar-refractivity contribution >= 4 is 17.7 Å². The van der Waals surface area contributed by atoms with Crippen LogP contribution >= 0.6 is 0 Å². The molecule has 0 amide bonds. The summed E-state index contributed by atoms with van der Waals surface area (Å²) in [5, 5.41) is 18.7. The molecule has 184 valence electrons. The number of hydrogen-bond donors (Lipinski definition) is 3. The van der Waals surface area contributed by atoms with Gasteiger partial charge in [-0.3, -0.25) is 5.10 Å². The average Bonchev–Trinajstić information content (AvgIpc) is 3.46. The first-order chi connectivity index (χ1) is 16.2. The molecule has 0 spiro atoms. The average molecular weight is 465 g/mol. The van der Waals surface area contributed by atoms with Gasteiger partial charge in [0.05, 0.1) is 5.69 Å². The fourth-order valence-corrected chi connectivity index (χ4v) is 5.02. The quantitative estimate of drug-likeness (QED) is 0.258. The second-order valence-electron chi connectivity index (χ2n) is 10.4. The number of nitrogens with one attached hydrogen (secondary N) is 3. The van der Waals surface area contributed by atoms with Gasteiger partial charge in [0.15, 0.2) is 5.82 Å². The van der Waals surface area contributed by atoms with Gasteiger partial charge >= 0.3 is 0 Å². The van der Waals surface area contributed by atoms with Crippen LogP contribution in [0, 0.1) is 22.6 Å². The number of rotatable bonds is 9. The highest BCUT2D eigenvalue weighted by Gasteiger charge is 2.29. The van der Waals surface area contributed by atoms with Crippen LogP contribution in [0.2, 0.25) is 0 Å². The second-order valence-corrected chi connectivity index (χ2v) is 10.4. The molecule has 0 aliphatic heterocycles. The lowest BCUT2D eigenvalue weighted by atomic mass is 9.83. The Kier molecular flexibility index (Phi) is 8.51. The van der Waals surface area contributed by atoms with E-state index in [0.717, 1.165) is 54.5 Å². The van der Waals surface area contributed by atoms with Crippen molar-refractivity contribution in [2.24, 2.45) is 11.3 Å². The number of nitrogens with zero attached hydrogens (tertiary/aromatic N) is 1. The summed E-state index contributed by atoms with van der Waals surface area (Å²) in [7, 11) is 0. The zero-order chi connectivity index (χ0) is 24.9. The van der Waals surface area contributed by atoms with E-state index in [-0.39, 0.29) is 11.2 Å². The predicted molar refractivity (Wildman–Crippen MR) is 142 cm³/mol.